The van der Waals surface area contributed by atoms with Crippen molar-refractivity contribution in [3.8, 4) is 0 Å². The van der Waals surface area contributed by atoms with Gasteiger partial charge >= 0.3 is 5.97 Å². The first-order valence-electron chi connectivity index (χ1n) is 6.65. The Bertz CT molecular complexity index is 499. The fourth-order valence-electron chi connectivity index (χ4n) is 2.23. The summed E-state index contributed by atoms with van der Waals surface area (Å²) >= 11 is 0. The van der Waals surface area contributed by atoms with Crippen LogP contribution in [0.3, 0.4) is 0 Å². The van der Waals surface area contributed by atoms with Crippen molar-refractivity contribution in [2.45, 2.75) is 25.3 Å². The van der Waals surface area contributed by atoms with Crippen molar-refractivity contribution < 1.29 is 14.3 Å². The van der Waals surface area contributed by atoms with E-state index in [0.29, 0.717) is 12.0 Å². The molecule has 0 radical (unpaired) electrons. The molecule has 0 saturated carbocycles. The highest BCUT2D eigenvalue weighted by Crippen LogP contribution is 2.20. The first kappa shape index (κ1) is 14.2. The molecule has 2 atom stereocenters. The van der Waals surface area contributed by atoms with Crippen LogP contribution in [0.1, 0.15) is 30.9 Å². The predicted molar refractivity (Wildman–Crippen MR) is 73.6 cm³/mol. The van der Waals surface area contributed by atoms with Gasteiger partial charge in [0.05, 0.1) is 7.11 Å². The second-order valence-electron chi connectivity index (χ2n) is 4.73. The first-order valence-corrected chi connectivity index (χ1v) is 6.65. The van der Waals surface area contributed by atoms with E-state index >= 15 is 0 Å². The molecule has 5 heteroatoms. The molecule has 0 fully saturated rings. The Balaban J connectivity index is 2.10. The summed E-state index contributed by atoms with van der Waals surface area (Å²) in [5.41, 5.74) is 0.624. The van der Waals surface area contributed by atoms with Gasteiger partial charge in [-0.2, -0.15) is 0 Å². The van der Waals surface area contributed by atoms with Crippen LogP contribution in [0.15, 0.2) is 36.7 Å². The minimum absolute atomic E-state index is 0.0798. The third-order valence-corrected chi connectivity index (χ3v) is 3.38. The van der Waals surface area contributed by atoms with Gasteiger partial charge in [-0.3, -0.25) is 9.78 Å². The molecule has 1 aliphatic rings. The SMILES string of the molecule is COC(=O)[C@H](NC(=O)[C@@H]1CC=CCC1)c1cccnc1. The zero-order valence-electron chi connectivity index (χ0n) is 11.4. The van der Waals surface area contributed by atoms with Crippen molar-refractivity contribution in [2.24, 2.45) is 5.92 Å². The van der Waals surface area contributed by atoms with Gasteiger partial charge in [-0.05, 0) is 25.3 Å². The number of methoxy groups -OCH3 is 1. The molecular weight excluding hydrogens is 256 g/mol. The molecule has 1 aromatic rings. The smallest absolute Gasteiger partial charge is 0.333 e. The summed E-state index contributed by atoms with van der Waals surface area (Å²) in [4.78, 5) is 28.1. The lowest BCUT2D eigenvalue weighted by Crippen LogP contribution is -2.38. The number of aromatic nitrogens is 1. The van der Waals surface area contributed by atoms with E-state index in [2.05, 4.69) is 16.4 Å². The van der Waals surface area contributed by atoms with Gasteiger partial charge < -0.3 is 10.1 Å². The van der Waals surface area contributed by atoms with Crippen LogP contribution in [0.2, 0.25) is 0 Å². The zero-order chi connectivity index (χ0) is 14.4. The average molecular weight is 274 g/mol. The standard InChI is InChI=1S/C15H18N2O3/c1-20-15(19)13(12-8-5-9-16-10-12)17-14(18)11-6-3-2-4-7-11/h2-3,5,8-11,13H,4,6-7H2,1H3,(H,17,18)/t11-,13-/m1/s1. The minimum atomic E-state index is -0.799. The van der Waals surface area contributed by atoms with Crippen LogP contribution >= 0.6 is 0 Å². The van der Waals surface area contributed by atoms with Crippen LogP contribution in [0.5, 0.6) is 0 Å². The van der Waals surface area contributed by atoms with Crippen LogP contribution in [0.25, 0.3) is 0 Å². The topological polar surface area (TPSA) is 68.3 Å². The second kappa shape index (κ2) is 6.84. The van der Waals surface area contributed by atoms with Crippen molar-refractivity contribution in [1.29, 1.82) is 0 Å². The number of carbonyl (C=O) groups is 2. The van der Waals surface area contributed by atoms with Gasteiger partial charge in [-0.1, -0.05) is 18.2 Å². The predicted octanol–water partition coefficient (Wildman–Crippen LogP) is 1.77. The van der Waals surface area contributed by atoms with Gasteiger partial charge in [0.15, 0.2) is 6.04 Å². The van der Waals surface area contributed by atoms with Crippen LogP contribution < -0.4 is 5.32 Å². The van der Waals surface area contributed by atoms with E-state index in [1.165, 1.54) is 7.11 Å². The quantitative estimate of drug-likeness (QED) is 0.671. The molecule has 0 saturated heterocycles. The Labute approximate surface area is 118 Å². The summed E-state index contributed by atoms with van der Waals surface area (Å²) in [6, 6.07) is 2.67. The molecule has 106 valence electrons. The van der Waals surface area contributed by atoms with E-state index in [-0.39, 0.29) is 11.8 Å². The molecule has 0 aliphatic heterocycles. The van der Waals surface area contributed by atoms with Crippen LogP contribution in [-0.2, 0) is 14.3 Å². The lowest BCUT2D eigenvalue weighted by Gasteiger charge is -2.21. The molecule has 0 bridgehead atoms. The van der Waals surface area contributed by atoms with Crippen molar-refractivity contribution in [3.05, 3.63) is 42.2 Å². The van der Waals surface area contributed by atoms with Crippen molar-refractivity contribution in [1.82, 2.24) is 10.3 Å². The van der Waals surface area contributed by atoms with Crippen LogP contribution in [-0.4, -0.2) is 24.0 Å². The average Bonchev–Trinajstić information content (AvgIpc) is 2.53. The molecule has 1 amide bonds. The van der Waals surface area contributed by atoms with Gasteiger partial charge in [0.25, 0.3) is 0 Å². The number of amides is 1. The monoisotopic (exact) mass is 274 g/mol. The van der Waals surface area contributed by atoms with Crippen LogP contribution in [0, 0.1) is 5.92 Å². The van der Waals surface area contributed by atoms with E-state index < -0.39 is 12.0 Å². The van der Waals surface area contributed by atoms with Crippen molar-refractivity contribution >= 4 is 11.9 Å². The number of hydrogen-bond acceptors (Lipinski definition) is 4. The zero-order valence-corrected chi connectivity index (χ0v) is 11.4. The summed E-state index contributed by atoms with van der Waals surface area (Å²) < 4.78 is 4.76. The first-order chi connectivity index (χ1) is 9.72. The number of rotatable bonds is 4. The molecule has 1 heterocycles. The van der Waals surface area contributed by atoms with Crippen LogP contribution in [0.4, 0.5) is 0 Å². The maximum atomic E-state index is 12.2. The highest BCUT2D eigenvalue weighted by atomic mass is 16.5. The molecule has 0 unspecified atom stereocenters. The summed E-state index contributed by atoms with van der Waals surface area (Å²) in [5, 5.41) is 2.77. The maximum absolute atomic E-state index is 12.2. The van der Waals surface area contributed by atoms with E-state index in [0.717, 1.165) is 12.8 Å². The maximum Gasteiger partial charge on any atom is 0.333 e. The van der Waals surface area contributed by atoms with E-state index in [4.69, 9.17) is 4.74 Å². The number of hydrogen-bond donors (Lipinski definition) is 1. The lowest BCUT2D eigenvalue weighted by molar-refractivity contribution is -0.145. The van der Waals surface area contributed by atoms with E-state index in [1.54, 1.807) is 24.5 Å². The fourth-order valence-corrected chi connectivity index (χ4v) is 2.23. The van der Waals surface area contributed by atoms with E-state index in [9.17, 15) is 9.59 Å². The molecule has 1 aromatic heterocycles. The number of nitrogens with one attached hydrogen (secondary N) is 1. The van der Waals surface area contributed by atoms with Gasteiger partial charge in [0, 0.05) is 23.9 Å². The lowest BCUT2D eigenvalue weighted by atomic mass is 9.93. The summed E-state index contributed by atoms with van der Waals surface area (Å²) in [6.07, 6.45) is 9.67. The third-order valence-electron chi connectivity index (χ3n) is 3.38. The molecule has 1 aliphatic carbocycles. The summed E-state index contributed by atoms with van der Waals surface area (Å²) in [6.45, 7) is 0. The molecule has 0 spiro atoms. The van der Waals surface area contributed by atoms with Gasteiger partial charge in [-0.25, -0.2) is 4.79 Å². The van der Waals surface area contributed by atoms with Gasteiger partial charge in [0.1, 0.15) is 0 Å². The highest BCUT2D eigenvalue weighted by Gasteiger charge is 2.27. The van der Waals surface area contributed by atoms with Gasteiger partial charge in [0.2, 0.25) is 5.91 Å². The minimum Gasteiger partial charge on any atom is -0.467 e. The summed E-state index contributed by atoms with van der Waals surface area (Å²) in [5.74, 6) is -0.685. The number of carbonyl (C=O) groups excluding carboxylic acids is 2. The van der Waals surface area contributed by atoms with Crippen molar-refractivity contribution in [2.75, 3.05) is 7.11 Å². The Morgan fingerprint density at radius 3 is 2.90 bits per heavy atom. The highest BCUT2D eigenvalue weighted by molar-refractivity contribution is 5.86. The summed E-state index contributed by atoms with van der Waals surface area (Å²) in [7, 11) is 1.31. The molecule has 20 heavy (non-hydrogen) atoms. The second-order valence-corrected chi connectivity index (χ2v) is 4.73. The number of ether oxygens (including phenoxy) is 1. The van der Waals surface area contributed by atoms with Gasteiger partial charge in [-0.15, -0.1) is 0 Å². The molecular formula is C15H18N2O3. The Kier molecular flexibility index (Phi) is 4.87. The molecule has 5 nitrogen and oxygen atoms in total. The number of nitrogens with zero attached hydrogens (tertiary/aromatic N) is 1. The Hall–Kier alpha value is -2.17. The Morgan fingerprint density at radius 1 is 1.45 bits per heavy atom. The largest absolute Gasteiger partial charge is 0.467 e. The molecule has 1 N–H and O–H groups in total. The fraction of sp³-hybridized carbons (Fsp3) is 0.400. The number of pyridine rings is 1. The Morgan fingerprint density at radius 2 is 2.30 bits per heavy atom. The molecule has 2 rings (SSSR count). The van der Waals surface area contributed by atoms with E-state index in [1.807, 2.05) is 6.08 Å². The number of allylic oxidation sites excluding steroid dienone is 2. The normalized spacial score (nSPS) is 19.1. The third kappa shape index (κ3) is 3.44. The van der Waals surface area contributed by atoms with Crippen molar-refractivity contribution in [3.63, 3.8) is 0 Å². The number of esters is 1. The molecule has 0 aromatic carbocycles.